The summed E-state index contributed by atoms with van der Waals surface area (Å²) in [4.78, 5) is 26.1. The van der Waals surface area contributed by atoms with Crippen molar-refractivity contribution in [2.24, 2.45) is 17.8 Å². The van der Waals surface area contributed by atoms with Crippen molar-refractivity contribution in [1.29, 1.82) is 0 Å². The van der Waals surface area contributed by atoms with Crippen molar-refractivity contribution in [1.82, 2.24) is 10.2 Å². The summed E-state index contributed by atoms with van der Waals surface area (Å²) in [5, 5.41) is 3.46. The van der Waals surface area contributed by atoms with Crippen LogP contribution in [-0.4, -0.2) is 35.8 Å². The van der Waals surface area contributed by atoms with Gasteiger partial charge >= 0.3 is 0 Å². The summed E-state index contributed by atoms with van der Waals surface area (Å²) in [6, 6.07) is 0.215. The summed E-state index contributed by atoms with van der Waals surface area (Å²) in [6.45, 7) is 7.88. The van der Waals surface area contributed by atoms with E-state index in [2.05, 4.69) is 26.1 Å². The highest BCUT2D eigenvalue weighted by Gasteiger charge is 2.49. The molecule has 0 radical (unpaired) electrons. The average molecular weight is 266 g/mol. The lowest BCUT2D eigenvalue weighted by Crippen LogP contribution is -2.47. The van der Waals surface area contributed by atoms with Gasteiger partial charge in [-0.1, -0.05) is 27.2 Å². The Morgan fingerprint density at radius 3 is 2.26 bits per heavy atom. The zero-order valence-electron chi connectivity index (χ0n) is 12.3. The second kappa shape index (κ2) is 6.04. The van der Waals surface area contributed by atoms with E-state index in [1.807, 2.05) is 0 Å². The SMILES string of the molecule is CCCNC(CN1C(=O)C2CCCC2C1=O)C(C)C. The van der Waals surface area contributed by atoms with E-state index >= 15 is 0 Å². The Kier molecular flexibility index (Phi) is 4.61. The molecule has 2 rings (SSSR count). The van der Waals surface area contributed by atoms with Crippen LogP contribution in [0.4, 0.5) is 0 Å². The second-order valence-electron chi connectivity index (χ2n) is 6.24. The third-order valence-electron chi connectivity index (χ3n) is 4.52. The number of carbonyl (C=O) groups is 2. The standard InChI is InChI=1S/C15H26N2O2/c1-4-8-16-13(10(2)3)9-17-14(18)11-6-5-7-12(11)15(17)19/h10-13,16H,4-9H2,1-3H3. The van der Waals surface area contributed by atoms with Crippen molar-refractivity contribution >= 4 is 11.8 Å². The van der Waals surface area contributed by atoms with E-state index in [9.17, 15) is 9.59 Å². The van der Waals surface area contributed by atoms with E-state index in [-0.39, 0.29) is 29.7 Å². The van der Waals surface area contributed by atoms with Gasteiger partial charge in [-0.3, -0.25) is 14.5 Å². The van der Waals surface area contributed by atoms with Crippen molar-refractivity contribution in [3.8, 4) is 0 Å². The molecular weight excluding hydrogens is 240 g/mol. The first-order valence-corrected chi connectivity index (χ1v) is 7.64. The summed E-state index contributed by atoms with van der Waals surface area (Å²) in [5.74, 6) is 0.568. The topological polar surface area (TPSA) is 49.4 Å². The summed E-state index contributed by atoms with van der Waals surface area (Å²) in [7, 11) is 0. The van der Waals surface area contributed by atoms with Crippen LogP contribution in [0.3, 0.4) is 0 Å². The number of amides is 2. The van der Waals surface area contributed by atoms with E-state index in [4.69, 9.17) is 0 Å². The molecule has 1 aliphatic heterocycles. The van der Waals surface area contributed by atoms with Crippen molar-refractivity contribution < 1.29 is 9.59 Å². The van der Waals surface area contributed by atoms with Gasteiger partial charge in [-0.05, 0) is 31.7 Å². The third kappa shape index (κ3) is 2.83. The Morgan fingerprint density at radius 2 is 1.79 bits per heavy atom. The first-order valence-electron chi connectivity index (χ1n) is 7.64. The van der Waals surface area contributed by atoms with Gasteiger partial charge in [0.25, 0.3) is 0 Å². The van der Waals surface area contributed by atoms with Crippen molar-refractivity contribution in [2.45, 2.75) is 52.5 Å². The molecule has 0 bridgehead atoms. The predicted octanol–water partition coefficient (Wildman–Crippen LogP) is 1.80. The fraction of sp³-hybridized carbons (Fsp3) is 0.867. The summed E-state index contributed by atoms with van der Waals surface area (Å²) >= 11 is 0. The van der Waals surface area contributed by atoms with Crippen LogP contribution < -0.4 is 5.32 Å². The molecule has 1 aliphatic carbocycles. The van der Waals surface area contributed by atoms with Gasteiger partial charge in [-0.15, -0.1) is 0 Å². The minimum absolute atomic E-state index is 0.00788. The second-order valence-corrected chi connectivity index (χ2v) is 6.24. The van der Waals surface area contributed by atoms with Crippen LogP contribution in [0.2, 0.25) is 0 Å². The van der Waals surface area contributed by atoms with Crippen LogP contribution in [0.15, 0.2) is 0 Å². The highest BCUT2D eigenvalue weighted by atomic mass is 16.2. The Bertz CT molecular complexity index is 332. The number of hydrogen-bond acceptors (Lipinski definition) is 3. The van der Waals surface area contributed by atoms with Gasteiger partial charge in [0, 0.05) is 12.6 Å². The number of hydrogen-bond donors (Lipinski definition) is 1. The third-order valence-corrected chi connectivity index (χ3v) is 4.52. The Balaban J connectivity index is 2.01. The molecule has 2 fully saturated rings. The molecule has 4 heteroatoms. The summed E-state index contributed by atoms with van der Waals surface area (Å²) in [6.07, 6.45) is 3.90. The molecule has 0 spiro atoms. The van der Waals surface area contributed by atoms with E-state index < -0.39 is 0 Å². The average Bonchev–Trinajstić information content (AvgIpc) is 2.93. The van der Waals surface area contributed by atoms with Crippen LogP contribution >= 0.6 is 0 Å². The number of imide groups is 1. The molecule has 1 N–H and O–H groups in total. The Hall–Kier alpha value is -0.900. The normalized spacial score (nSPS) is 28.3. The zero-order valence-corrected chi connectivity index (χ0v) is 12.3. The fourth-order valence-electron chi connectivity index (χ4n) is 3.28. The molecule has 108 valence electrons. The summed E-state index contributed by atoms with van der Waals surface area (Å²) < 4.78 is 0. The van der Waals surface area contributed by atoms with Crippen molar-refractivity contribution in [2.75, 3.05) is 13.1 Å². The number of nitrogens with one attached hydrogen (secondary N) is 1. The number of fused-ring (bicyclic) bond motifs is 1. The summed E-state index contributed by atoms with van der Waals surface area (Å²) in [5.41, 5.74) is 0. The molecule has 3 atom stereocenters. The van der Waals surface area contributed by atoms with Gasteiger partial charge in [-0.25, -0.2) is 0 Å². The number of nitrogens with zero attached hydrogens (tertiary/aromatic N) is 1. The number of rotatable bonds is 6. The molecule has 19 heavy (non-hydrogen) atoms. The van der Waals surface area contributed by atoms with Gasteiger partial charge in [0.2, 0.25) is 11.8 Å². The maximum atomic E-state index is 12.3. The van der Waals surface area contributed by atoms with E-state index in [0.717, 1.165) is 32.2 Å². The Morgan fingerprint density at radius 1 is 1.21 bits per heavy atom. The first-order chi connectivity index (χ1) is 9.06. The van der Waals surface area contributed by atoms with Gasteiger partial charge in [0.1, 0.15) is 0 Å². The van der Waals surface area contributed by atoms with E-state index in [1.54, 1.807) is 0 Å². The number of carbonyl (C=O) groups excluding carboxylic acids is 2. The van der Waals surface area contributed by atoms with Crippen LogP contribution in [0.25, 0.3) is 0 Å². The smallest absolute Gasteiger partial charge is 0.233 e. The van der Waals surface area contributed by atoms with E-state index in [1.165, 1.54) is 4.90 Å². The lowest BCUT2D eigenvalue weighted by molar-refractivity contribution is -0.140. The molecule has 1 saturated carbocycles. The van der Waals surface area contributed by atoms with Crippen LogP contribution in [0, 0.1) is 17.8 Å². The van der Waals surface area contributed by atoms with Crippen molar-refractivity contribution in [3.05, 3.63) is 0 Å². The lowest BCUT2D eigenvalue weighted by Gasteiger charge is -2.27. The van der Waals surface area contributed by atoms with Gasteiger partial charge in [0.15, 0.2) is 0 Å². The van der Waals surface area contributed by atoms with Crippen LogP contribution in [-0.2, 0) is 9.59 Å². The molecule has 0 aromatic rings. The molecule has 0 aromatic heterocycles. The zero-order chi connectivity index (χ0) is 14.0. The molecule has 1 saturated heterocycles. The lowest BCUT2D eigenvalue weighted by atomic mass is 10.00. The molecule has 3 unspecified atom stereocenters. The van der Waals surface area contributed by atoms with E-state index in [0.29, 0.717) is 12.5 Å². The monoisotopic (exact) mass is 266 g/mol. The minimum Gasteiger partial charge on any atom is -0.312 e. The minimum atomic E-state index is -0.00788. The van der Waals surface area contributed by atoms with Gasteiger partial charge in [-0.2, -0.15) is 0 Å². The molecule has 0 aromatic carbocycles. The van der Waals surface area contributed by atoms with Gasteiger partial charge < -0.3 is 5.32 Å². The molecule has 2 aliphatic rings. The highest BCUT2D eigenvalue weighted by Crippen LogP contribution is 2.39. The van der Waals surface area contributed by atoms with Crippen molar-refractivity contribution in [3.63, 3.8) is 0 Å². The maximum absolute atomic E-state index is 12.3. The molecular formula is C15H26N2O2. The number of likely N-dealkylation sites (tertiary alicyclic amines) is 1. The quantitative estimate of drug-likeness (QED) is 0.746. The predicted molar refractivity (Wildman–Crippen MR) is 74.5 cm³/mol. The molecule has 4 nitrogen and oxygen atoms in total. The maximum Gasteiger partial charge on any atom is 0.233 e. The fourth-order valence-corrected chi connectivity index (χ4v) is 3.28. The van der Waals surface area contributed by atoms with Crippen LogP contribution in [0.1, 0.15) is 46.5 Å². The van der Waals surface area contributed by atoms with Gasteiger partial charge in [0.05, 0.1) is 11.8 Å². The molecule has 2 amide bonds. The Labute approximate surface area is 115 Å². The van der Waals surface area contributed by atoms with Crippen LogP contribution in [0.5, 0.6) is 0 Å². The first kappa shape index (κ1) is 14.5. The largest absolute Gasteiger partial charge is 0.312 e. The molecule has 1 heterocycles. The highest BCUT2D eigenvalue weighted by molar-refractivity contribution is 6.05.